The fourth-order valence-corrected chi connectivity index (χ4v) is 2.14. The standard InChI is InChI=1S/C13H15BrN2O/c1-8-4-10(5-9(2)12(8)14)13(17)11-6-15-16(3)7-11/h4-7,13,17H,1-3H3. The second-order valence-electron chi connectivity index (χ2n) is 4.32. The molecular formula is C13H15BrN2O. The maximum Gasteiger partial charge on any atom is 0.107 e. The van der Waals surface area contributed by atoms with Gasteiger partial charge < -0.3 is 5.11 Å². The molecule has 1 atom stereocenters. The monoisotopic (exact) mass is 294 g/mol. The molecule has 0 aliphatic heterocycles. The molecule has 2 rings (SSSR count). The van der Waals surface area contributed by atoms with Crippen LogP contribution in [0, 0.1) is 13.8 Å². The Morgan fingerprint density at radius 1 is 1.24 bits per heavy atom. The van der Waals surface area contributed by atoms with Gasteiger partial charge in [0.25, 0.3) is 0 Å². The highest BCUT2D eigenvalue weighted by Gasteiger charge is 2.14. The average molecular weight is 295 g/mol. The van der Waals surface area contributed by atoms with Crippen molar-refractivity contribution in [1.29, 1.82) is 0 Å². The van der Waals surface area contributed by atoms with Gasteiger partial charge in [0, 0.05) is 23.3 Å². The van der Waals surface area contributed by atoms with Crippen molar-refractivity contribution in [2.75, 3.05) is 0 Å². The number of nitrogens with zero attached hydrogens (tertiary/aromatic N) is 2. The van der Waals surface area contributed by atoms with E-state index in [1.165, 1.54) is 0 Å². The zero-order valence-corrected chi connectivity index (χ0v) is 11.7. The van der Waals surface area contributed by atoms with Crippen LogP contribution >= 0.6 is 15.9 Å². The summed E-state index contributed by atoms with van der Waals surface area (Å²) in [4.78, 5) is 0. The summed E-state index contributed by atoms with van der Waals surface area (Å²) in [6.45, 7) is 4.05. The average Bonchev–Trinajstić information content (AvgIpc) is 2.71. The van der Waals surface area contributed by atoms with Crippen molar-refractivity contribution >= 4 is 15.9 Å². The number of aliphatic hydroxyl groups is 1. The SMILES string of the molecule is Cc1cc(C(O)c2cnn(C)c2)cc(C)c1Br. The normalized spacial score (nSPS) is 12.8. The Bertz CT molecular complexity index is 525. The van der Waals surface area contributed by atoms with Gasteiger partial charge in [0.15, 0.2) is 0 Å². The molecule has 1 unspecified atom stereocenters. The third-order valence-corrected chi connectivity index (χ3v) is 4.07. The van der Waals surface area contributed by atoms with E-state index in [9.17, 15) is 5.11 Å². The molecule has 3 nitrogen and oxygen atoms in total. The lowest BCUT2D eigenvalue weighted by atomic mass is 10.00. The van der Waals surface area contributed by atoms with Crippen LogP contribution in [0.5, 0.6) is 0 Å². The van der Waals surface area contributed by atoms with Crippen molar-refractivity contribution < 1.29 is 5.11 Å². The van der Waals surface area contributed by atoms with Crippen LogP contribution in [0.15, 0.2) is 29.0 Å². The third-order valence-electron chi connectivity index (χ3n) is 2.82. The molecule has 0 spiro atoms. The Morgan fingerprint density at radius 3 is 2.29 bits per heavy atom. The molecule has 4 heteroatoms. The number of aryl methyl sites for hydroxylation is 3. The van der Waals surface area contributed by atoms with E-state index in [4.69, 9.17) is 0 Å². The zero-order chi connectivity index (χ0) is 12.6. The molecule has 0 amide bonds. The van der Waals surface area contributed by atoms with Crippen LogP contribution < -0.4 is 0 Å². The fraction of sp³-hybridized carbons (Fsp3) is 0.308. The lowest BCUT2D eigenvalue weighted by Crippen LogP contribution is -2.00. The van der Waals surface area contributed by atoms with Gasteiger partial charge in [-0.15, -0.1) is 0 Å². The number of hydrogen-bond donors (Lipinski definition) is 1. The van der Waals surface area contributed by atoms with Gasteiger partial charge in [0.2, 0.25) is 0 Å². The number of aliphatic hydroxyl groups excluding tert-OH is 1. The Hall–Kier alpha value is -1.13. The molecule has 0 saturated heterocycles. The lowest BCUT2D eigenvalue weighted by Gasteiger charge is -2.12. The predicted octanol–water partition coefficient (Wildman–Crippen LogP) is 2.88. The van der Waals surface area contributed by atoms with Gasteiger partial charge >= 0.3 is 0 Å². The molecule has 0 aliphatic carbocycles. The molecule has 2 aromatic rings. The van der Waals surface area contributed by atoms with Gasteiger partial charge in [0.05, 0.1) is 6.20 Å². The lowest BCUT2D eigenvalue weighted by molar-refractivity contribution is 0.220. The summed E-state index contributed by atoms with van der Waals surface area (Å²) in [5, 5.41) is 14.3. The molecule has 1 heterocycles. The van der Waals surface area contributed by atoms with Crippen LogP contribution in [0.1, 0.15) is 28.4 Å². The maximum atomic E-state index is 10.3. The quantitative estimate of drug-likeness (QED) is 0.925. The summed E-state index contributed by atoms with van der Waals surface area (Å²) in [6, 6.07) is 3.99. The van der Waals surface area contributed by atoms with Gasteiger partial charge in [-0.2, -0.15) is 5.10 Å². The topological polar surface area (TPSA) is 38.1 Å². The number of rotatable bonds is 2. The van der Waals surface area contributed by atoms with Crippen LogP contribution in [0.2, 0.25) is 0 Å². The second kappa shape index (κ2) is 4.63. The molecule has 17 heavy (non-hydrogen) atoms. The van der Waals surface area contributed by atoms with Crippen LogP contribution in [0.3, 0.4) is 0 Å². The number of benzene rings is 1. The minimum atomic E-state index is -0.616. The molecular weight excluding hydrogens is 280 g/mol. The Morgan fingerprint density at radius 2 is 1.82 bits per heavy atom. The van der Waals surface area contributed by atoms with Gasteiger partial charge in [-0.1, -0.05) is 28.1 Å². The summed E-state index contributed by atoms with van der Waals surface area (Å²) in [5.74, 6) is 0. The van der Waals surface area contributed by atoms with Crippen molar-refractivity contribution in [3.8, 4) is 0 Å². The Labute approximate surface area is 109 Å². The summed E-state index contributed by atoms with van der Waals surface area (Å²) in [7, 11) is 1.84. The van der Waals surface area contributed by atoms with E-state index in [0.29, 0.717) is 0 Å². The van der Waals surface area contributed by atoms with E-state index in [-0.39, 0.29) is 0 Å². The molecule has 1 aromatic heterocycles. The summed E-state index contributed by atoms with van der Waals surface area (Å²) in [5.41, 5.74) is 3.97. The van der Waals surface area contributed by atoms with Gasteiger partial charge in [-0.05, 0) is 30.5 Å². The van der Waals surface area contributed by atoms with Crippen molar-refractivity contribution in [3.63, 3.8) is 0 Å². The van der Waals surface area contributed by atoms with Gasteiger partial charge in [-0.25, -0.2) is 0 Å². The molecule has 0 fully saturated rings. The highest BCUT2D eigenvalue weighted by molar-refractivity contribution is 9.10. The fourth-order valence-electron chi connectivity index (χ4n) is 1.91. The zero-order valence-electron chi connectivity index (χ0n) is 10.1. The molecule has 0 bridgehead atoms. The van der Waals surface area contributed by atoms with Crippen LogP contribution in [0.25, 0.3) is 0 Å². The molecule has 1 aromatic carbocycles. The third kappa shape index (κ3) is 2.42. The highest BCUT2D eigenvalue weighted by Crippen LogP contribution is 2.28. The molecule has 90 valence electrons. The predicted molar refractivity (Wildman–Crippen MR) is 70.9 cm³/mol. The maximum absolute atomic E-state index is 10.3. The Balaban J connectivity index is 2.41. The first kappa shape index (κ1) is 12.3. The van der Waals surface area contributed by atoms with Crippen LogP contribution in [-0.2, 0) is 7.05 Å². The van der Waals surface area contributed by atoms with Gasteiger partial charge in [0.1, 0.15) is 6.10 Å². The Kier molecular flexibility index (Phi) is 3.35. The van der Waals surface area contributed by atoms with E-state index in [1.54, 1.807) is 10.9 Å². The first-order valence-electron chi connectivity index (χ1n) is 5.42. The summed E-state index contributed by atoms with van der Waals surface area (Å²) in [6.07, 6.45) is 2.91. The number of hydrogen-bond acceptors (Lipinski definition) is 2. The summed E-state index contributed by atoms with van der Waals surface area (Å²) >= 11 is 3.52. The van der Waals surface area contributed by atoms with E-state index >= 15 is 0 Å². The van der Waals surface area contributed by atoms with E-state index < -0.39 is 6.10 Å². The van der Waals surface area contributed by atoms with Crippen molar-refractivity contribution in [3.05, 3.63) is 51.3 Å². The van der Waals surface area contributed by atoms with Crippen LogP contribution in [0.4, 0.5) is 0 Å². The van der Waals surface area contributed by atoms with E-state index in [1.807, 2.05) is 39.2 Å². The van der Waals surface area contributed by atoms with Crippen molar-refractivity contribution in [2.45, 2.75) is 20.0 Å². The minimum absolute atomic E-state index is 0.616. The van der Waals surface area contributed by atoms with Crippen molar-refractivity contribution in [2.24, 2.45) is 7.05 Å². The molecule has 0 radical (unpaired) electrons. The number of aromatic nitrogens is 2. The molecule has 0 aliphatic rings. The molecule has 1 N–H and O–H groups in total. The number of halogens is 1. The summed E-state index contributed by atoms with van der Waals surface area (Å²) < 4.78 is 2.79. The van der Waals surface area contributed by atoms with Gasteiger partial charge in [-0.3, -0.25) is 4.68 Å². The van der Waals surface area contributed by atoms with Crippen molar-refractivity contribution in [1.82, 2.24) is 9.78 Å². The second-order valence-corrected chi connectivity index (χ2v) is 5.11. The molecule has 0 saturated carbocycles. The van der Waals surface area contributed by atoms with Crippen LogP contribution in [-0.4, -0.2) is 14.9 Å². The highest BCUT2D eigenvalue weighted by atomic mass is 79.9. The largest absolute Gasteiger partial charge is 0.384 e. The van der Waals surface area contributed by atoms with E-state index in [2.05, 4.69) is 21.0 Å². The first-order chi connectivity index (χ1) is 7.99. The smallest absolute Gasteiger partial charge is 0.107 e. The van der Waals surface area contributed by atoms with E-state index in [0.717, 1.165) is 26.7 Å². The minimum Gasteiger partial charge on any atom is -0.384 e. The first-order valence-corrected chi connectivity index (χ1v) is 6.21.